The van der Waals surface area contributed by atoms with Crippen molar-refractivity contribution >= 4 is 34.8 Å². The summed E-state index contributed by atoms with van der Waals surface area (Å²) in [4.78, 5) is 0. The van der Waals surface area contributed by atoms with Crippen LogP contribution in [0.5, 0.6) is 0 Å². The Morgan fingerprint density at radius 3 is 1.70 bits per heavy atom. The van der Waals surface area contributed by atoms with Gasteiger partial charge in [-0.1, -0.05) is 37.0 Å². The number of hydrogen-bond donors (Lipinski definition) is 0. The monoisotopic (exact) mass is 200 g/mol. The molecule has 0 aliphatic rings. The van der Waals surface area contributed by atoms with Gasteiger partial charge >= 0.3 is 0 Å². The summed E-state index contributed by atoms with van der Waals surface area (Å²) in [5.74, 6) is 0.322. The fourth-order valence-corrected chi connectivity index (χ4v) is 1.07. The van der Waals surface area contributed by atoms with Crippen LogP contribution < -0.4 is 0 Å². The van der Waals surface area contributed by atoms with Crippen molar-refractivity contribution in [3.05, 3.63) is 10.1 Å². The molecule has 1 atom stereocenters. The first-order valence-corrected chi connectivity index (χ1v) is 4.32. The Morgan fingerprint density at radius 2 is 1.60 bits per heavy atom. The van der Waals surface area contributed by atoms with E-state index in [1.54, 1.807) is 6.92 Å². The molecule has 0 aromatic carbocycles. The maximum Gasteiger partial charge on any atom is 0.0726 e. The molecule has 0 aromatic heterocycles. The highest BCUT2D eigenvalue weighted by molar-refractivity contribution is 6.43. The van der Waals surface area contributed by atoms with Crippen LogP contribution in [0.4, 0.5) is 0 Å². The van der Waals surface area contributed by atoms with Gasteiger partial charge in [-0.25, -0.2) is 0 Å². The molecule has 0 bridgehead atoms. The molecule has 0 nitrogen and oxygen atoms in total. The molecular weight excluding hydrogens is 190 g/mol. The molecule has 1 unspecified atom stereocenters. The first kappa shape index (κ1) is 10.6. The summed E-state index contributed by atoms with van der Waals surface area (Å²) in [5.41, 5.74) is 0. The fraction of sp³-hybridized carbons (Fsp3) is 0.714. The first-order chi connectivity index (χ1) is 4.46. The molecule has 0 heterocycles. The summed E-state index contributed by atoms with van der Waals surface area (Å²) >= 11 is 17.3. The second kappa shape index (κ2) is 4.48. The molecule has 0 saturated carbocycles. The maximum absolute atomic E-state index is 5.89. The Morgan fingerprint density at radius 1 is 1.20 bits per heavy atom. The van der Waals surface area contributed by atoms with Gasteiger partial charge in [-0.05, 0) is 12.8 Å². The summed E-state index contributed by atoms with van der Waals surface area (Å²) in [6, 6.07) is 0. The van der Waals surface area contributed by atoms with E-state index in [9.17, 15) is 0 Å². The van der Waals surface area contributed by atoms with Crippen LogP contribution in [0, 0.1) is 5.92 Å². The van der Waals surface area contributed by atoms with Crippen LogP contribution in [-0.2, 0) is 0 Å². The lowest BCUT2D eigenvalue weighted by atomic mass is 10.1. The van der Waals surface area contributed by atoms with E-state index in [-0.39, 0.29) is 5.38 Å². The third-order valence-electron chi connectivity index (χ3n) is 1.16. The minimum atomic E-state index is -0.154. The average Bonchev–Trinajstić information content (AvgIpc) is 1.84. The van der Waals surface area contributed by atoms with Gasteiger partial charge < -0.3 is 0 Å². The van der Waals surface area contributed by atoms with E-state index in [0.717, 1.165) is 0 Å². The van der Waals surface area contributed by atoms with Crippen LogP contribution in [0.1, 0.15) is 20.8 Å². The number of rotatable bonds is 2. The molecule has 10 heavy (non-hydrogen) atoms. The molecule has 0 N–H and O–H groups in total. The highest BCUT2D eigenvalue weighted by atomic mass is 35.5. The molecule has 0 saturated heterocycles. The first-order valence-electron chi connectivity index (χ1n) is 3.12. The zero-order valence-corrected chi connectivity index (χ0v) is 8.56. The van der Waals surface area contributed by atoms with Crippen LogP contribution in [-0.4, -0.2) is 5.38 Å². The lowest BCUT2D eigenvalue weighted by Gasteiger charge is -2.12. The number of hydrogen-bond acceptors (Lipinski definition) is 0. The Labute approximate surface area is 77.1 Å². The molecule has 60 valence electrons. The maximum atomic E-state index is 5.89. The lowest BCUT2D eigenvalue weighted by Crippen LogP contribution is -2.08. The second-order valence-corrected chi connectivity index (χ2v) is 3.97. The molecule has 0 fully saturated rings. The Kier molecular flexibility index (Phi) is 4.75. The minimum Gasteiger partial charge on any atom is -0.117 e. The van der Waals surface area contributed by atoms with Crippen molar-refractivity contribution in [1.29, 1.82) is 0 Å². The van der Waals surface area contributed by atoms with Crippen LogP contribution in [0.2, 0.25) is 0 Å². The quantitative estimate of drug-likeness (QED) is 0.593. The van der Waals surface area contributed by atoms with Crippen molar-refractivity contribution in [1.82, 2.24) is 0 Å². The van der Waals surface area contributed by atoms with Crippen LogP contribution in [0.15, 0.2) is 10.1 Å². The van der Waals surface area contributed by atoms with Gasteiger partial charge in [0.15, 0.2) is 0 Å². The van der Waals surface area contributed by atoms with E-state index in [2.05, 4.69) is 0 Å². The SMILES string of the molecule is C/C(Cl)=C(/Cl)C(Cl)C(C)C. The Bertz CT molecular complexity index is 134. The zero-order chi connectivity index (χ0) is 8.31. The third-order valence-corrected chi connectivity index (χ3v) is 2.81. The van der Waals surface area contributed by atoms with E-state index in [1.165, 1.54) is 0 Å². The van der Waals surface area contributed by atoms with E-state index in [4.69, 9.17) is 34.8 Å². The van der Waals surface area contributed by atoms with E-state index in [1.807, 2.05) is 13.8 Å². The van der Waals surface area contributed by atoms with Crippen molar-refractivity contribution in [3.8, 4) is 0 Å². The van der Waals surface area contributed by atoms with Gasteiger partial charge in [0.25, 0.3) is 0 Å². The molecule has 0 radical (unpaired) electrons. The van der Waals surface area contributed by atoms with Crippen LogP contribution in [0.3, 0.4) is 0 Å². The number of alkyl halides is 1. The highest BCUT2D eigenvalue weighted by Gasteiger charge is 2.14. The van der Waals surface area contributed by atoms with Crippen LogP contribution in [0.25, 0.3) is 0 Å². The van der Waals surface area contributed by atoms with Crippen molar-refractivity contribution in [2.75, 3.05) is 0 Å². The van der Waals surface area contributed by atoms with Crippen LogP contribution >= 0.6 is 34.8 Å². The summed E-state index contributed by atoms with van der Waals surface area (Å²) in [6.07, 6.45) is 0. The van der Waals surface area contributed by atoms with Gasteiger partial charge in [0.1, 0.15) is 0 Å². The highest BCUT2D eigenvalue weighted by Crippen LogP contribution is 2.26. The standard InChI is InChI=1S/C7H11Cl3/c1-4(2)6(9)7(10)5(3)8/h4,6H,1-3H3/b7-5-. The van der Waals surface area contributed by atoms with Crippen molar-refractivity contribution in [3.63, 3.8) is 0 Å². The topological polar surface area (TPSA) is 0 Å². The molecular formula is C7H11Cl3. The lowest BCUT2D eigenvalue weighted by molar-refractivity contribution is 0.664. The molecule has 0 spiro atoms. The van der Waals surface area contributed by atoms with E-state index in [0.29, 0.717) is 16.0 Å². The largest absolute Gasteiger partial charge is 0.117 e. The van der Waals surface area contributed by atoms with E-state index < -0.39 is 0 Å². The molecule has 3 heteroatoms. The average molecular weight is 202 g/mol. The Balaban J connectivity index is 4.22. The van der Waals surface area contributed by atoms with Gasteiger partial charge in [0.2, 0.25) is 0 Å². The van der Waals surface area contributed by atoms with Gasteiger partial charge in [-0.15, -0.1) is 11.6 Å². The summed E-state index contributed by atoms with van der Waals surface area (Å²) in [5, 5.41) is 0.980. The fourth-order valence-electron chi connectivity index (χ4n) is 0.483. The summed E-state index contributed by atoms with van der Waals surface area (Å²) in [6.45, 7) is 5.74. The number of allylic oxidation sites excluding steroid dienone is 2. The van der Waals surface area contributed by atoms with Gasteiger partial charge in [-0.2, -0.15) is 0 Å². The molecule has 0 aliphatic carbocycles. The molecule has 0 rings (SSSR count). The second-order valence-electron chi connectivity index (χ2n) is 2.53. The summed E-state index contributed by atoms with van der Waals surface area (Å²) in [7, 11) is 0. The van der Waals surface area contributed by atoms with E-state index >= 15 is 0 Å². The third kappa shape index (κ3) is 3.14. The predicted octanol–water partition coefficient (Wildman–Crippen LogP) is 3.96. The van der Waals surface area contributed by atoms with Crippen molar-refractivity contribution < 1.29 is 0 Å². The van der Waals surface area contributed by atoms with Crippen molar-refractivity contribution in [2.24, 2.45) is 5.92 Å². The normalized spacial score (nSPS) is 17.1. The predicted molar refractivity (Wildman–Crippen MR) is 48.9 cm³/mol. The summed E-state index contributed by atoms with van der Waals surface area (Å²) < 4.78 is 0. The zero-order valence-electron chi connectivity index (χ0n) is 6.29. The van der Waals surface area contributed by atoms with Crippen molar-refractivity contribution in [2.45, 2.75) is 26.1 Å². The smallest absolute Gasteiger partial charge is 0.0726 e. The molecule has 0 aromatic rings. The minimum absolute atomic E-state index is 0.154. The molecule has 0 aliphatic heterocycles. The van der Waals surface area contributed by atoms with Gasteiger partial charge in [-0.3, -0.25) is 0 Å². The Hall–Kier alpha value is 0.610. The van der Waals surface area contributed by atoms with Gasteiger partial charge in [0.05, 0.1) is 10.4 Å². The van der Waals surface area contributed by atoms with Gasteiger partial charge in [0, 0.05) is 5.03 Å². The molecule has 0 amide bonds. The number of halogens is 3.